The van der Waals surface area contributed by atoms with Gasteiger partial charge in [0.05, 0.1) is 39.9 Å². The van der Waals surface area contributed by atoms with Crippen LogP contribution in [0.4, 0.5) is 0 Å². The second-order valence-electron chi connectivity index (χ2n) is 16.4. The summed E-state index contributed by atoms with van der Waals surface area (Å²) in [6.45, 7) is 4.54. The first-order valence-electron chi connectivity index (χ1n) is 22.7. The number of hydrogen-bond donors (Lipinski definition) is 2. The van der Waals surface area contributed by atoms with Crippen LogP contribution in [0.15, 0.2) is 60.8 Å². The molecular weight excluding hydrogens is 719 g/mol. The van der Waals surface area contributed by atoms with E-state index in [9.17, 15) is 19.4 Å². The zero-order valence-corrected chi connectivity index (χ0v) is 37.7. The summed E-state index contributed by atoms with van der Waals surface area (Å²) in [7, 11) is 1.23. The maximum atomic E-state index is 12.8. The predicted octanol–water partition coefficient (Wildman–Crippen LogP) is 12.0. The fourth-order valence-electron chi connectivity index (χ4n) is 6.06. The van der Waals surface area contributed by atoms with Crippen molar-refractivity contribution >= 4 is 13.7 Å². The molecule has 1 amide bonds. The summed E-state index contributed by atoms with van der Waals surface area (Å²) in [5.41, 5.74) is 0. The maximum Gasteiger partial charge on any atom is 0.268 e. The summed E-state index contributed by atoms with van der Waals surface area (Å²) in [4.78, 5) is 25.2. The van der Waals surface area contributed by atoms with E-state index in [1.54, 1.807) is 6.08 Å². The molecule has 0 rings (SSSR count). The monoisotopic (exact) mass is 807 g/mol. The van der Waals surface area contributed by atoms with Crippen molar-refractivity contribution in [3.63, 3.8) is 0 Å². The van der Waals surface area contributed by atoms with E-state index < -0.39 is 26.6 Å². The number of carbonyl (C=O) groups excluding carboxylic acids is 1. The SMILES string of the molecule is CCCCC/C=C/CC/C=C/C(O)C(COP(=O)([O-])OCC[N+](C)(C)C)NC(=O)CCCCCCCCCCCC/C=C\C/C=C\C/C=C\CCCCCCC. The molecule has 2 N–H and O–H groups in total. The van der Waals surface area contributed by atoms with Gasteiger partial charge in [-0.25, -0.2) is 0 Å². The van der Waals surface area contributed by atoms with Crippen molar-refractivity contribution in [3.8, 4) is 0 Å². The van der Waals surface area contributed by atoms with Crippen LogP contribution in [0.3, 0.4) is 0 Å². The Morgan fingerprint density at radius 2 is 1.05 bits per heavy atom. The third-order valence-electron chi connectivity index (χ3n) is 9.70. The van der Waals surface area contributed by atoms with Gasteiger partial charge in [0.2, 0.25) is 5.91 Å². The molecule has 0 aromatic rings. The van der Waals surface area contributed by atoms with Crippen LogP contribution in [0.1, 0.15) is 181 Å². The number of aliphatic hydroxyl groups excluding tert-OH is 1. The Hall–Kier alpha value is -1.80. The van der Waals surface area contributed by atoms with E-state index in [2.05, 4.69) is 67.8 Å². The molecule has 0 heterocycles. The van der Waals surface area contributed by atoms with E-state index in [-0.39, 0.29) is 12.5 Å². The van der Waals surface area contributed by atoms with Crippen molar-refractivity contribution in [3.05, 3.63) is 60.8 Å². The zero-order valence-electron chi connectivity index (χ0n) is 36.8. The predicted molar refractivity (Wildman–Crippen MR) is 237 cm³/mol. The number of amides is 1. The number of nitrogens with one attached hydrogen (secondary N) is 1. The van der Waals surface area contributed by atoms with Gasteiger partial charge in [-0.3, -0.25) is 9.36 Å². The van der Waals surface area contributed by atoms with Gasteiger partial charge in [0.1, 0.15) is 13.2 Å². The second kappa shape index (κ2) is 38.7. The highest BCUT2D eigenvalue weighted by Gasteiger charge is 2.23. The Kier molecular flexibility index (Phi) is 37.5. The first kappa shape index (κ1) is 54.2. The van der Waals surface area contributed by atoms with Crippen LogP contribution in [-0.2, 0) is 18.4 Å². The number of unbranched alkanes of at least 4 members (excludes halogenated alkanes) is 19. The number of hydrogen-bond acceptors (Lipinski definition) is 6. The standard InChI is InChI=1S/C47H87N2O6P/c1-6-8-10-12-14-16-17-18-19-20-21-22-23-24-25-26-27-28-29-30-31-33-35-37-39-41-47(51)48-45(44-55-56(52,53)54-43-42-49(3,4)5)46(50)40-38-36-34-32-15-13-11-9-7-2/h15,17-18,20-21,23-24,32,38,40,45-46,50H,6-14,16,19,22,25-31,33-37,39,41-44H2,1-5H3,(H-,48,51,52,53)/b18-17-,21-20-,24-23-,32-15+,40-38+. The van der Waals surface area contributed by atoms with E-state index in [0.29, 0.717) is 17.4 Å². The summed E-state index contributed by atoms with van der Waals surface area (Å²) in [5.74, 6) is -0.217. The molecule has 0 saturated heterocycles. The average molecular weight is 807 g/mol. The molecule has 0 fully saturated rings. The van der Waals surface area contributed by atoms with Gasteiger partial charge >= 0.3 is 0 Å². The normalized spacial score (nSPS) is 14.9. The number of quaternary nitrogens is 1. The molecule has 0 aromatic heterocycles. The van der Waals surface area contributed by atoms with E-state index in [1.165, 1.54) is 109 Å². The van der Waals surface area contributed by atoms with E-state index >= 15 is 0 Å². The number of aliphatic hydroxyl groups is 1. The average Bonchev–Trinajstić information content (AvgIpc) is 3.15. The molecule has 0 aromatic carbocycles. The Balaban J connectivity index is 4.23. The minimum Gasteiger partial charge on any atom is -0.756 e. The van der Waals surface area contributed by atoms with Crippen LogP contribution >= 0.6 is 7.82 Å². The zero-order chi connectivity index (χ0) is 41.4. The third kappa shape index (κ3) is 40.4. The van der Waals surface area contributed by atoms with Gasteiger partial charge in [-0.15, -0.1) is 0 Å². The minimum atomic E-state index is -4.59. The Morgan fingerprint density at radius 1 is 0.625 bits per heavy atom. The largest absolute Gasteiger partial charge is 0.756 e. The van der Waals surface area contributed by atoms with E-state index in [0.717, 1.165) is 51.4 Å². The topological polar surface area (TPSA) is 108 Å². The molecule has 0 saturated carbocycles. The van der Waals surface area contributed by atoms with E-state index in [1.807, 2.05) is 27.2 Å². The summed E-state index contributed by atoms with van der Waals surface area (Å²) in [6.07, 6.45) is 50.0. The Morgan fingerprint density at radius 3 is 1.61 bits per heavy atom. The molecule has 56 heavy (non-hydrogen) atoms. The summed E-state index contributed by atoms with van der Waals surface area (Å²) < 4.78 is 23.1. The van der Waals surface area contributed by atoms with Crippen LogP contribution < -0.4 is 10.2 Å². The van der Waals surface area contributed by atoms with Gasteiger partial charge in [0, 0.05) is 6.42 Å². The molecule has 0 aliphatic heterocycles. The van der Waals surface area contributed by atoms with Crippen LogP contribution in [0.5, 0.6) is 0 Å². The lowest BCUT2D eigenvalue weighted by Gasteiger charge is -2.29. The number of rotatable bonds is 40. The van der Waals surface area contributed by atoms with Crippen LogP contribution in [0.2, 0.25) is 0 Å². The van der Waals surface area contributed by atoms with E-state index in [4.69, 9.17) is 9.05 Å². The molecule has 3 atom stereocenters. The van der Waals surface area contributed by atoms with Gasteiger partial charge in [-0.1, -0.05) is 164 Å². The molecule has 0 bridgehead atoms. The van der Waals surface area contributed by atoms with Crippen LogP contribution in [-0.4, -0.2) is 68.5 Å². The molecule has 8 nitrogen and oxygen atoms in total. The van der Waals surface area contributed by atoms with Crippen molar-refractivity contribution in [1.29, 1.82) is 0 Å². The highest BCUT2D eigenvalue weighted by Crippen LogP contribution is 2.38. The minimum absolute atomic E-state index is 0.00981. The first-order valence-corrected chi connectivity index (χ1v) is 24.1. The second-order valence-corrected chi connectivity index (χ2v) is 17.8. The third-order valence-corrected chi connectivity index (χ3v) is 10.7. The fraction of sp³-hybridized carbons (Fsp3) is 0.766. The Bertz CT molecular complexity index is 1100. The van der Waals surface area contributed by atoms with Gasteiger partial charge in [0.25, 0.3) is 7.82 Å². The van der Waals surface area contributed by atoms with Crippen molar-refractivity contribution in [2.75, 3.05) is 40.9 Å². The van der Waals surface area contributed by atoms with Gasteiger partial charge in [-0.05, 0) is 70.6 Å². The number of nitrogens with zero attached hydrogens (tertiary/aromatic N) is 1. The van der Waals surface area contributed by atoms with Crippen molar-refractivity contribution < 1.29 is 32.9 Å². The Labute approximate surface area is 345 Å². The fourth-order valence-corrected chi connectivity index (χ4v) is 6.78. The maximum absolute atomic E-state index is 12.8. The highest BCUT2D eigenvalue weighted by atomic mass is 31.2. The molecule has 0 spiro atoms. The number of carbonyl (C=O) groups is 1. The van der Waals surface area contributed by atoms with Crippen molar-refractivity contribution in [2.45, 2.75) is 193 Å². The molecule has 3 unspecified atom stereocenters. The van der Waals surface area contributed by atoms with Crippen molar-refractivity contribution in [1.82, 2.24) is 5.32 Å². The molecule has 0 radical (unpaired) electrons. The number of allylic oxidation sites excluding steroid dienone is 9. The van der Waals surface area contributed by atoms with Crippen LogP contribution in [0, 0.1) is 0 Å². The van der Waals surface area contributed by atoms with Crippen LogP contribution in [0.25, 0.3) is 0 Å². The summed E-state index contributed by atoms with van der Waals surface area (Å²) in [5, 5.41) is 13.7. The summed E-state index contributed by atoms with van der Waals surface area (Å²) in [6, 6.07) is -0.905. The highest BCUT2D eigenvalue weighted by molar-refractivity contribution is 7.45. The lowest BCUT2D eigenvalue weighted by atomic mass is 10.0. The summed E-state index contributed by atoms with van der Waals surface area (Å²) >= 11 is 0. The molecular formula is C47H87N2O6P. The molecule has 0 aliphatic rings. The van der Waals surface area contributed by atoms with Gasteiger partial charge < -0.3 is 28.8 Å². The smallest absolute Gasteiger partial charge is 0.268 e. The molecule has 9 heteroatoms. The van der Waals surface area contributed by atoms with Gasteiger partial charge in [0.15, 0.2) is 0 Å². The lowest BCUT2D eigenvalue weighted by Crippen LogP contribution is -2.45. The molecule has 0 aliphatic carbocycles. The number of phosphoric ester groups is 1. The quantitative estimate of drug-likeness (QED) is 0.0276. The lowest BCUT2D eigenvalue weighted by molar-refractivity contribution is -0.870. The first-order chi connectivity index (χ1) is 27.0. The number of likely N-dealkylation sites (N-methyl/N-ethyl adjacent to an activating group) is 1. The number of phosphoric acid groups is 1. The van der Waals surface area contributed by atoms with Gasteiger partial charge in [-0.2, -0.15) is 0 Å². The molecule has 326 valence electrons. The van der Waals surface area contributed by atoms with Crippen molar-refractivity contribution in [2.24, 2.45) is 0 Å².